The number of ether oxygens (including phenoxy) is 1. The van der Waals surface area contributed by atoms with Gasteiger partial charge in [-0.3, -0.25) is 4.79 Å². The predicted octanol–water partition coefficient (Wildman–Crippen LogP) is 2.99. The van der Waals surface area contributed by atoms with Gasteiger partial charge in [-0.2, -0.15) is 5.10 Å². The van der Waals surface area contributed by atoms with E-state index in [1.807, 2.05) is 6.92 Å². The van der Waals surface area contributed by atoms with Gasteiger partial charge in [0.05, 0.1) is 12.8 Å². The van der Waals surface area contributed by atoms with E-state index in [1.54, 1.807) is 36.4 Å². The molecule has 1 N–H and O–H groups in total. The number of nitrogens with one attached hydrogen (secondary N) is 1. The zero-order valence-electron chi connectivity index (χ0n) is 11.5. The maximum absolute atomic E-state index is 13.0. The lowest BCUT2D eigenvalue weighted by Gasteiger charge is -2.04. The molecule has 4 nitrogen and oxygen atoms in total. The van der Waals surface area contributed by atoms with Gasteiger partial charge in [-0.1, -0.05) is 12.1 Å². The summed E-state index contributed by atoms with van der Waals surface area (Å²) in [4.78, 5) is 11.8. The summed E-state index contributed by atoms with van der Waals surface area (Å²) in [6.07, 6.45) is 1.38. The molecule has 0 atom stereocenters. The third kappa shape index (κ3) is 4.42. The number of carbonyl (C=O) groups excluding carboxylic acids is 1. The highest BCUT2D eigenvalue weighted by molar-refractivity contribution is 5.94. The van der Waals surface area contributed by atoms with E-state index in [4.69, 9.17) is 4.74 Å². The molecule has 0 aliphatic rings. The number of hydrogen-bond acceptors (Lipinski definition) is 3. The average Bonchev–Trinajstić information content (AvgIpc) is 2.48. The minimum atomic E-state index is -0.350. The van der Waals surface area contributed by atoms with Gasteiger partial charge in [-0.05, 0) is 48.9 Å². The van der Waals surface area contributed by atoms with E-state index in [1.165, 1.54) is 18.3 Å². The molecule has 21 heavy (non-hydrogen) atoms. The molecular weight excluding hydrogens is 271 g/mol. The molecule has 0 saturated carbocycles. The van der Waals surface area contributed by atoms with Crippen molar-refractivity contribution >= 4 is 12.1 Å². The molecule has 0 bridgehead atoms. The molecule has 0 spiro atoms. The van der Waals surface area contributed by atoms with Crippen molar-refractivity contribution in [2.75, 3.05) is 6.61 Å². The van der Waals surface area contributed by atoms with E-state index < -0.39 is 0 Å². The Kier molecular flexibility index (Phi) is 5.04. The van der Waals surface area contributed by atoms with E-state index in [0.717, 1.165) is 0 Å². The van der Waals surface area contributed by atoms with Crippen LogP contribution >= 0.6 is 0 Å². The Bertz CT molecular complexity index is 639. The molecular formula is C16H15FN2O2. The van der Waals surface area contributed by atoms with E-state index in [9.17, 15) is 9.18 Å². The van der Waals surface area contributed by atoms with Crippen LogP contribution < -0.4 is 10.2 Å². The number of rotatable bonds is 5. The summed E-state index contributed by atoms with van der Waals surface area (Å²) in [5.41, 5.74) is 3.42. The van der Waals surface area contributed by atoms with Crippen molar-refractivity contribution in [3.05, 3.63) is 65.5 Å². The normalized spacial score (nSPS) is 10.6. The highest BCUT2D eigenvalue weighted by atomic mass is 19.1. The molecule has 0 radical (unpaired) electrons. The number of nitrogens with zero attached hydrogens (tertiary/aromatic N) is 1. The van der Waals surface area contributed by atoms with Crippen LogP contribution in [0.1, 0.15) is 22.8 Å². The fourth-order valence-electron chi connectivity index (χ4n) is 1.69. The maximum Gasteiger partial charge on any atom is 0.271 e. The van der Waals surface area contributed by atoms with Crippen molar-refractivity contribution in [3.8, 4) is 5.75 Å². The summed E-state index contributed by atoms with van der Waals surface area (Å²) in [5.74, 6) is 0.0137. The number of hydrogen-bond donors (Lipinski definition) is 1. The molecule has 5 heteroatoms. The van der Waals surface area contributed by atoms with Gasteiger partial charge in [0.25, 0.3) is 5.91 Å². The van der Waals surface area contributed by atoms with E-state index >= 15 is 0 Å². The minimum absolute atomic E-state index is 0.342. The molecule has 2 aromatic rings. The lowest BCUT2D eigenvalue weighted by atomic mass is 10.2. The van der Waals surface area contributed by atoms with Crippen molar-refractivity contribution in [2.24, 2.45) is 5.10 Å². The van der Waals surface area contributed by atoms with Crippen LogP contribution in [0.25, 0.3) is 0 Å². The minimum Gasteiger partial charge on any atom is -0.494 e. The lowest BCUT2D eigenvalue weighted by Crippen LogP contribution is -2.17. The van der Waals surface area contributed by atoms with Gasteiger partial charge in [-0.15, -0.1) is 0 Å². The number of amides is 1. The van der Waals surface area contributed by atoms with Crippen LogP contribution in [0.2, 0.25) is 0 Å². The van der Waals surface area contributed by atoms with Gasteiger partial charge < -0.3 is 4.74 Å². The second kappa shape index (κ2) is 7.19. The van der Waals surface area contributed by atoms with Crippen molar-refractivity contribution < 1.29 is 13.9 Å². The van der Waals surface area contributed by atoms with Gasteiger partial charge in [0.1, 0.15) is 11.6 Å². The molecule has 0 unspecified atom stereocenters. The Hall–Kier alpha value is -2.69. The lowest BCUT2D eigenvalue weighted by molar-refractivity contribution is 0.0955. The zero-order valence-corrected chi connectivity index (χ0v) is 11.5. The van der Waals surface area contributed by atoms with Gasteiger partial charge in [0, 0.05) is 5.56 Å². The van der Waals surface area contributed by atoms with Crippen molar-refractivity contribution in [1.82, 2.24) is 5.43 Å². The summed E-state index contributed by atoms with van der Waals surface area (Å²) in [7, 11) is 0. The number of hydrazone groups is 1. The van der Waals surface area contributed by atoms with Crippen molar-refractivity contribution in [3.63, 3.8) is 0 Å². The Labute approximate surface area is 122 Å². The quantitative estimate of drug-likeness (QED) is 0.678. The highest BCUT2D eigenvalue weighted by Gasteiger charge is 2.03. The van der Waals surface area contributed by atoms with Crippen LogP contribution in [0.15, 0.2) is 53.6 Å². The molecule has 1 amide bonds. The Morgan fingerprint density at radius 2 is 2.05 bits per heavy atom. The second-order valence-electron chi connectivity index (χ2n) is 4.21. The molecule has 108 valence electrons. The average molecular weight is 286 g/mol. The first-order valence-electron chi connectivity index (χ1n) is 6.51. The molecule has 2 aromatic carbocycles. The predicted molar refractivity (Wildman–Crippen MR) is 79.1 cm³/mol. The monoisotopic (exact) mass is 286 g/mol. The standard InChI is InChI=1S/C16H15FN2O2/c1-2-21-15-8-6-13(7-9-15)16(20)19-18-11-12-4-3-5-14(17)10-12/h3-11H,2H2,1H3,(H,19,20)/b18-11+. The third-order valence-electron chi connectivity index (χ3n) is 2.66. The second-order valence-corrected chi connectivity index (χ2v) is 4.21. The number of carbonyl (C=O) groups is 1. The summed E-state index contributed by atoms with van der Waals surface area (Å²) >= 11 is 0. The molecule has 0 aromatic heterocycles. The van der Waals surface area contributed by atoms with Crippen LogP contribution in [0.3, 0.4) is 0 Å². The maximum atomic E-state index is 13.0. The van der Waals surface area contributed by atoms with Gasteiger partial charge in [-0.25, -0.2) is 9.82 Å². The Morgan fingerprint density at radius 1 is 1.29 bits per heavy atom. The summed E-state index contributed by atoms with van der Waals surface area (Å²) in [6, 6.07) is 12.7. The Morgan fingerprint density at radius 3 is 2.71 bits per heavy atom. The van der Waals surface area contributed by atoms with Gasteiger partial charge >= 0.3 is 0 Å². The SMILES string of the molecule is CCOc1ccc(C(=O)N/N=C/c2cccc(F)c2)cc1. The molecule has 0 aliphatic heterocycles. The summed E-state index contributed by atoms with van der Waals surface area (Å²) in [5, 5.41) is 3.80. The van der Waals surface area contributed by atoms with Crippen LogP contribution in [0.4, 0.5) is 4.39 Å². The fourth-order valence-corrected chi connectivity index (χ4v) is 1.69. The zero-order chi connectivity index (χ0) is 15.1. The highest BCUT2D eigenvalue weighted by Crippen LogP contribution is 2.11. The van der Waals surface area contributed by atoms with Crippen molar-refractivity contribution in [1.29, 1.82) is 0 Å². The first kappa shape index (κ1) is 14.7. The number of benzene rings is 2. The molecule has 0 fully saturated rings. The van der Waals surface area contributed by atoms with Gasteiger partial charge in [0.15, 0.2) is 0 Å². The number of halogens is 1. The van der Waals surface area contributed by atoms with Gasteiger partial charge in [0.2, 0.25) is 0 Å². The van der Waals surface area contributed by atoms with E-state index in [-0.39, 0.29) is 11.7 Å². The fraction of sp³-hybridized carbons (Fsp3) is 0.125. The summed E-state index contributed by atoms with van der Waals surface area (Å²) in [6.45, 7) is 2.46. The van der Waals surface area contributed by atoms with Crippen molar-refractivity contribution in [2.45, 2.75) is 6.92 Å². The van der Waals surface area contributed by atoms with E-state index in [2.05, 4.69) is 10.5 Å². The third-order valence-corrected chi connectivity index (χ3v) is 2.66. The smallest absolute Gasteiger partial charge is 0.271 e. The largest absolute Gasteiger partial charge is 0.494 e. The Balaban J connectivity index is 1.95. The molecule has 0 saturated heterocycles. The topological polar surface area (TPSA) is 50.7 Å². The first-order chi connectivity index (χ1) is 10.2. The van der Waals surface area contributed by atoms with Crippen LogP contribution in [-0.2, 0) is 0 Å². The summed E-state index contributed by atoms with van der Waals surface area (Å²) < 4.78 is 18.3. The van der Waals surface area contributed by atoms with E-state index in [0.29, 0.717) is 23.5 Å². The van der Waals surface area contributed by atoms with Crippen LogP contribution in [-0.4, -0.2) is 18.7 Å². The van der Waals surface area contributed by atoms with Crippen LogP contribution in [0, 0.1) is 5.82 Å². The van der Waals surface area contributed by atoms with Crippen LogP contribution in [0.5, 0.6) is 5.75 Å². The first-order valence-corrected chi connectivity index (χ1v) is 6.51. The molecule has 2 rings (SSSR count). The molecule has 0 aliphatic carbocycles. The molecule has 0 heterocycles.